The van der Waals surface area contributed by atoms with Crippen LogP contribution in [0.4, 0.5) is 8.78 Å². The van der Waals surface area contributed by atoms with Gasteiger partial charge >= 0.3 is 19.4 Å². The molecule has 1 aromatic heterocycles. The topological polar surface area (TPSA) is 138 Å². The van der Waals surface area contributed by atoms with Gasteiger partial charge in [-0.25, -0.2) is 18.1 Å². The van der Waals surface area contributed by atoms with E-state index < -0.39 is 61.7 Å². The minimum atomic E-state index is -4.30. The first-order valence-corrected chi connectivity index (χ1v) is 15.4. The second-order valence-corrected chi connectivity index (χ2v) is 12.5. The molecule has 2 N–H and O–H groups in total. The fourth-order valence-corrected chi connectivity index (χ4v) is 5.95. The quantitative estimate of drug-likeness (QED) is 0.160. The number of esters is 1. The summed E-state index contributed by atoms with van der Waals surface area (Å²) in [7, 11) is -4.30. The Hall–Kier alpha value is -3.90. The molecule has 236 valence electrons. The van der Waals surface area contributed by atoms with Crippen molar-refractivity contribution < 1.29 is 36.7 Å². The van der Waals surface area contributed by atoms with Crippen molar-refractivity contribution in [2.24, 2.45) is 0 Å². The Bertz CT molecular complexity index is 1640. The van der Waals surface area contributed by atoms with Gasteiger partial charge in [0.05, 0.1) is 18.8 Å². The van der Waals surface area contributed by atoms with E-state index in [1.54, 1.807) is 62.4 Å². The summed E-state index contributed by atoms with van der Waals surface area (Å²) < 4.78 is 65.8. The lowest BCUT2D eigenvalue weighted by Gasteiger charge is -2.24. The van der Waals surface area contributed by atoms with Crippen molar-refractivity contribution in [3.63, 3.8) is 0 Å². The van der Waals surface area contributed by atoms with Crippen LogP contribution in [0.15, 0.2) is 70.4 Å². The molecule has 44 heavy (non-hydrogen) atoms. The molecule has 2 heterocycles. The van der Waals surface area contributed by atoms with Crippen LogP contribution in [0.5, 0.6) is 5.75 Å². The normalized spacial score (nSPS) is 22.2. The van der Waals surface area contributed by atoms with Crippen molar-refractivity contribution in [2.75, 3.05) is 6.61 Å². The van der Waals surface area contributed by atoms with E-state index in [9.17, 15) is 23.3 Å². The first-order valence-electron chi connectivity index (χ1n) is 13.8. The highest BCUT2D eigenvalue weighted by atomic mass is 31.2. The minimum absolute atomic E-state index is 0.143. The number of aromatic amines is 1. The molecule has 5 unspecified atom stereocenters. The summed E-state index contributed by atoms with van der Waals surface area (Å²) in [6.45, 7) is 5.57. The smallest absolute Gasteiger partial charge is 0.459 e. The SMILES string of the molecule is CC(C)OC(=O)C(C)NP(=O)(OCC1CC(C)(F)C(n2ccc(=O)[nH]c2=O)O1)Oc1ccc(C=Cc2ccc(F)cc2)cc1. The van der Waals surface area contributed by atoms with Gasteiger partial charge in [-0.2, -0.15) is 5.09 Å². The second-order valence-electron chi connectivity index (χ2n) is 10.8. The number of benzene rings is 2. The number of alkyl halides is 1. The van der Waals surface area contributed by atoms with Crippen LogP contribution in [0, 0.1) is 5.82 Å². The second kappa shape index (κ2) is 13.8. The summed E-state index contributed by atoms with van der Waals surface area (Å²) in [6, 6.07) is 12.4. The van der Waals surface area contributed by atoms with E-state index in [-0.39, 0.29) is 18.0 Å². The third-order valence-electron chi connectivity index (χ3n) is 6.50. The number of carbonyl (C=O) groups excluding carboxylic acids is 1. The Morgan fingerprint density at radius 2 is 1.73 bits per heavy atom. The Morgan fingerprint density at radius 3 is 2.32 bits per heavy atom. The zero-order valence-corrected chi connectivity index (χ0v) is 25.5. The Labute approximate surface area is 252 Å². The molecule has 5 atom stereocenters. The highest BCUT2D eigenvalue weighted by Gasteiger charge is 2.48. The van der Waals surface area contributed by atoms with Crippen molar-refractivity contribution in [3.8, 4) is 5.75 Å². The van der Waals surface area contributed by atoms with Gasteiger partial charge in [0.15, 0.2) is 11.9 Å². The van der Waals surface area contributed by atoms with Gasteiger partial charge < -0.3 is 14.0 Å². The number of ether oxygens (including phenoxy) is 2. The van der Waals surface area contributed by atoms with E-state index in [1.165, 1.54) is 26.0 Å². The number of H-pyrrole nitrogens is 1. The van der Waals surface area contributed by atoms with Crippen LogP contribution in [-0.4, -0.2) is 46.0 Å². The van der Waals surface area contributed by atoms with Gasteiger partial charge in [-0.3, -0.25) is 23.7 Å². The monoisotopic (exact) mass is 633 g/mol. The lowest BCUT2D eigenvalue weighted by Crippen LogP contribution is -2.38. The summed E-state index contributed by atoms with van der Waals surface area (Å²) >= 11 is 0. The van der Waals surface area contributed by atoms with Crippen LogP contribution in [-0.2, 0) is 23.4 Å². The van der Waals surface area contributed by atoms with Gasteiger partial charge in [0.25, 0.3) is 5.56 Å². The van der Waals surface area contributed by atoms with E-state index in [0.717, 1.165) is 28.0 Å². The fourth-order valence-electron chi connectivity index (χ4n) is 4.42. The number of hydrogen-bond donors (Lipinski definition) is 2. The molecule has 1 fully saturated rings. The molecule has 0 radical (unpaired) electrons. The maximum Gasteiger partial charge on any atom is 0.459 e. The molecule has 0 bridgehead atoms. The Kier molecular flexibility index (Phi) is 10.4. The third kappa shape index (κ3) is 8.82. The van der Waals surface area contributed by atoms with Crippen molar-refractivity contribution in [3.05, 3.63) is 98.6 Å². The molecule has 11 nitrogen and oxygen atoms in total. The molecule has 1 aliphatic rings. The lowest BCUT2D eigenvalue weighted by atomic mass is 10.0. The molecule has 14 heteroatoms. The van der Waals surface area contributed by atoms with Crippen LogP contribution in [0.2, 0.25) is 0 Å². The predicted molar refractivity (Wildman–Crippen MR) is 159 cm³/mol. The Balaban J connectivity index is 1.48. The zero-order valence-electron chi connectivity index (χ0n) is 24.6. The van der Waals surface area contributed by atoms with E-state index in [4.69, 9.17) is 18.5 Å². The van der Waals surface area contributed by atoms with E-state index >= 15 is 4.39 Å². The highest BCUT2D eigenvalue weighted by Crippen LogP contribution is 2.47. The first kappa shape index (κ1) is 33.0. The van der Waals surface area contributed by atoms with Gasteiger partial charge in [-0.15, -0.1) is 0 Å². The number of hydrogen-bond acceptors (Lipinski definition) is 8. The average molecular weight is 634 g/mol. The minimum Gasteiger partial charge on any atom is -0.462 e. The summed E-state index contributed by atoms with van der Waals surface area (Å²) in [5, 5.41) is 2.56. The summed E-state index contributed by atoms with van der Waals surface area (Å²) in [4.78, 5) is 38.2. The number of nitrogens with one attached hydrogen (secondary N) is 2. The van der Waals surface area contributed by atoms with Gasteiger partial charge in [-0.1, -0.05) is 36.4 Å². The lowest BCUT2D eigenvalue weighted by molar-refractivity contribution is -0.149. The van der Waals surface area contributed by atoms with Crippen molar-refractivity contribution in [1.29, 1.82) is 0 Å². The molecule has 0 amide bonds. The number of aromatic nitrogens is 2. The molecule has 0 spiro atoms. The zero-order chi connectivity index (χ0) is 32.1. The maximum atomic E-state index is 15.5. The van der Waals surface area contributed by atoms with Crippen LogP contribution >= 0.6 is 7.75 Å². The van der Waals surface area contributed by atoms with Crippen LogP contribution in [0.1, 0.15) is 51.5 Å². The molecule has 1 saturated heterocycles. The maximum absolute atomic E-state index is 15.5. The van der Waals surface area contributed by atoms with E-state index in [2.05, 4.69) is 10.1 Å². The molecule has 0 saturated carbocycles. The number of nitrogens with zero attached hydrogens (tertiary/aromatic N) is 1. The molecular formula is C30H34F2N3O8P. The van der Waals surface area contributed by atoms with Crippen LogP contribution in [0.25, 0.3) is 12.2 Å². The van der Waals surface area contributed by atoms with E-state index in [1.807, 2.05) is 0 Å². The summed E-state index contributed by atoms with van der Waals surface area (Å²) in [5.74, 6) is -0.887. The van der Waals surface area contributed by atoms with Crippen molar-refractivity contribution in [2.45, 2.75) is 64.3 Å². The Morgan fingerprint density at radius 1 is 1.11 bits per heavy atom. The van der Waals surface area contributed by atoms with E-state index in [0.29, 0.717) is 0 Å². The van der Waals surface area contributed by atoms with Crippen molar-refractivity contribution >= 4 is 25.9 Å². The third-order valence-corrected chi connectivity index (χ3v) is 8.14. The summed E-state index contributed by atoms with van der Waals surface area (Å²) in [5.41, 5.74) is -1.97. The number of halogens is 2. The summed E-state index contributed by atoms with van der Waals surface area (Å²) in [6.07, 6.45) is 1.71. The predicted octanol–water partition coefficient (Wildman–Crippen LogP) is 5.00. The fraction of sp³-hybridized carbons (Fsp3) is 0.367. The van der Waals surface area contributed by atoms with Crippen LogP contribution in [0.3, 0.4) is 0 Å². The molecule has 0 aliphatic carbocycles. The van der Waals surface area contributed by atoms with Gasteiger partial charge in [0.1, 0.15) is 17.6 Å². The standard InChI is InChI=1S/C30H34F2N3O8P/c1-19(2)41-27(37)20(3)34-44(39,43-24-13-9-22(10-14-24)6-5-21-7-11-23(31)12-8-21)40-18-25-17-30(4,32)28(42-25)35-16-15-26(36)33-29(35)38/h5-16,19-20,25,28H,17-18H2,1-4H3,(H,34,39)(H,33,36,38). The van der Waals surface area contributed by atoms with Gasteiger partial charge in [0.2, 0.25) is 0 Å². The molecular weight excluding hydrogens is 599 g/mol. The molecule has 4 rings (SSSR count). The van der Waals surface area contributed by atoms with Gasteiger partial charge in [0, 0.05) is 18.7 Å². The number of rotatable bonds is 12. The van der Waals surface area contributed by atoms with Crippen LogP contribution < -0.4 is 20.9 Å². The largest absolute Gasteiger partial charge is 0.462 e. The highest BCUT2D eigenvalue weighted by molar-refractivity contribution is 7.52. The van der Waals surface area contributed by atoms with Gasteiger partial charge in [-0.05, 0) is 63.1 Å². The average Bonchev–Trinajstić information content (AvgIpc) is 3.25. The molecule has 1 aliphatic heterocycles. The van der Waals surface area contributed by atoms with Crippen molar-refractivity contribution in [1.82, 2.24) is 14.6 Å². The molecule has 3 aromatic rings. The number of carbonyl (C=O) groups is 1. The molecule has 2 aromatic carbocycles. The first-order chi connectivity index (χ1) is 20.7.